The lowest BCUT2D eigenvalue weighted by atomic mass is 10.0. The first-order valence-electron chi connectivity index (χ1n) is 14.1. The van der Waals surface area contributed by atoms with Gasteiger partial charge in [-0.3, -0.25) is 9.69 Å². The molecule has 11 heteroatoms. The van der Waals surface area contributed by atoms with E-state index in [-0.39, 0.29) is 11.4 Å². The summed E-state index contributed by atoms with van der Waals surface area (Å²) in [6.07, 6.45) is 3.92. The van der Waals surface area contributed by atoms with Crippen LogP contribution < -0.4 is 10.9 Å². The molecule has 5 aromatic rings. The molecule has 2 aromatic heterocycles. The Kier molecular flexibility index (Phi) is 7.63. The summed E-state index contributed by atoms with van der Waals surface area (Å²) >= 11 is 0. The Bertz CT molecular complexity index is 2030. The molecule has 222 valence electrons. The van der Waals surface area contributed by atoms with Gasteiger partial charge in [0.25, 0.3) is 5.56 Å². The van der Waals surface area contributed by atoms with Crippen LogP contribution in [0.1, 0.15) is 16.8 Å². The van der Waals surface area contributed by atoms with Crippen LogP contribution in [0, 0.1) is 19.7 Å². The molecule has 3 aromatic carbocycles. The summed E-state index contributed by atoms with van der Waals surface area (Å²) in [5.74, 6) is 0.248. The van der Waals surface area contributed by atoms with Gasteiger partial charge < -0.3 is 14.9 Å². The van der Waals surface area contributed by atoms with Gasteiger partial charge in [0.05, 0.1) is 21.3 Å². The second-order valence-corrected chi connectivity index (χ2v) is 12.8. The van der Waals surface area contributed by atoms with Gasteiger partial charge in [-0.15, -0.1) is 0 Å². The minimum absolute atomic E-state index is 0.210. The molecule has 0 saturated carbocycles. The summed E-state index contributed by atoms with van der Waals surface area (Å²) in [6, 6.07) is 16.9. The smallest absolute Gasteiger partial charge is 0.258 e. The second-order valence-electron chi connectivity index (χ2n) is 10.8. The molecule has 1 saturated heterocycles. The lowest BCUT2D eigenvalue weighted by Gasteiger charge is -2.33. The molecule has 1 aliphatic rings. The Hall–Kier alpha value is -4.32. The predicted molar refractivity (Wildman–Crippen MR) is 169 cm³/mol. The number of aryl methyl sites for hydroxylation is 3. The van der Waals surface area contributed by atoms with Gasteiger partial charge in [0, 0.05) is 51.2 Å². The van der Waals surface area contributed by atoms with Crippen LogP contribution in [0.4, 0.5) is 16.0 Å². The van der Waals surface area contributed by atoms with E-state index in [1.54, 1.807) is 36.4 Å². The summed E-state index contributed by atoms with van der Waals surface area (Å²) in [4.78, 5) is 23.7. The van der Waals surface area contributed by atoms with E-state index in [9.17, 15) is 17.6 Å². The molecule has 0 aliphatic carbocycles. The van der Waals surface area contributed by atoms with Crippen molar-refractivity contribution in [2.24, 2.45) is 7.05 Å². The summed E-state index contributed by atoms with van der Waals surface area (Å²) in [6.45, 7) is 6.53. The molecule has 43 heavy (non-hydrogen) atoms. The van der Waals surface area contributed by atoms with Crippen molar-refractivity contribution in [3.8, 4) is 0 Å². The van der Waals surface area contributed by atoms with Crippen molar-refractivity contribution in [1.29, 1.82) is 0 Å². The maximum Gasteiger partial charge on any atom is 0.258 e. The SMILES string of the molecule is Cc1cc(F)ccc1Nc1nc2ccc3c(C)c(C=CCN4CCN(S(=O)(=O)c5ccccc5)CC4)[nH]c(=O)c3c2n1C. The quantitative estimate of drug-likeness (QED) is 0.275. The average Bonchev–Trinajstić information content (AvgIpc) is 3.32. The van der Waals surface area contributed by atoms with E-state index in [0.717, 1.165) is 27.9 Å². The monoisotopic (exact) mass is 600 g/mol. The molecule has 0 spiro atoms. The van der Waals surface area contributed by atoms with Crippen LogP contribution in [0.5, 0.6) is 0 Å². The maximum atomic E-state index is 13.6. The van der Waals surface area contributed by atoms with Gasteiger partial charge in [-0.1, -0.05) is 30.3 Å². The Balaban J connectivity index is 1.20. The van der Waals surface area contributed by atoms with E-state index in [0.29, 0.717) is 60.0 Å². The third-order valence-corrected chi connectivity index (χ3v) is 10.0. The highest BCUT2D eigenvalue weighted by atomic mass is 32.2. The van der Waals surface area contributed by atoms with E-state index in [2.05, 4.69) is 15.2 Å². The Morgan fingerprint density at radius 1 is 1.02 bits per heavy atom. The molecule has 0 unspecified atom stereocenters. The van der Waals surface area contributed by atoms with Crippen molar-refractivity contribution < 1.29 is 12.8 Å². The van der Waals surface area contributed by atoms with Crippen LogP contribution >= 0.6 is 0 Å². The third-order valence-electron chi connectivity index (χ3n) is 8.11. The fourth-order valence-corrected chi connectivity index (χ4v) is 7.09. The predicted octanol–water partition coefficient (Wildman–Crippen LogP) is 4.93. The molecule has 6 rings (SSSR count). The van der Waals surface area contributed by atoms with Gasteiger partial charge in [-0.25, -0.2) is 17.8 Å². The van der Waals surface area contributed by atoms with E-state index in [1.165, 1.54) is 16.4 Å². The van der Waals surface area contributed by atoms with Crippen molar-refractivity contribution in [2.45, 2.75) is 18.7 Å². The standard InChI is InChI=1S/C32H33FN6O3S/c1-21-20-23(33)11-13-26(21)35-32-36-28-14-12-25-22(2)27(34-31(40)29(25)30(28)37(32)3)10-7-15-38-16-18-39(19-17-38)43(41,42)24-8-5-4-6-9-24/h4-14,20H,15-19H2,1-3H3,(H,34,40)(H,35,36). The maximum absolute atomic E-state index is 13.6. The minimum Gasteiger partial charge on any atom is -0.325 e. The molecular weight excluding hydrogens is 567 g/mol. The number of hydrogen-bond acceptors (Lipinski definition) is 6. The van der Waals surface area contributed by atoms with Gasteiger partial charge in [0.1, 0.15) is 5.82 Å². The van der Waals surface area contributed by atoms with Crippen LogP contribution in [0.3, 0.4) is 0 Å². The first-order valence-corrected chi connectivity index (χ1v) is 15.6. The third kappa shape index (κ3) is 5.47. The number of H-pyrrole nitrogens is 1. The van der Waals surface area contributed by atoms with Crippen LogP contribution in [0.15, 0.2) is 76.4 Å². The number of fused-ring (bicyclic) bond motifs is 3. The number of nitrogens with zero attached hydrogens (tertiary/aromatic N) is 4. The van der Waals surface area contributed by atoms with Gasteiger partial charge in [-0.2, -0.15) is 4.31 Å². The number of anilines is 2. The summed E-state index contributed by atoms with van der Waals surface area (Å²) < 4.78 is 42.8. The molecule has 0 amide bonds. The van der Waals surface area contributed by atoms with Gasteiger partial charge >= 0.3 is 0 Å². The number of aromatic nitrogens is 3. The molecule has 1 fully saturated rings. The number of pyridine rings is 1. The number of benzene rings is 3. The fraction of sp³-hybridized carbons (Fsp3) is 0.250. The zero-order valence-electron chi connectivity index (χ0n) is 24.3. The molecule has 0 atom stereocenters. The summed E-state index contributed by atoms with van der Waals surface area (Å²) in [5, 5.41) is 4.66. The molecule has 1 aliphatic heterocycles. The number of nitrogens with one attached hydrogen (secondary N) is 2. The van der Waals surface area contributed by atoms with Crippen LogP contribution in [-0.4, -0.2) is 64.9 Å². The van der Waals surface area contributed by atoms with Crippen LogP contribution in [0.25, 0.3) is 27.9 Å². The zero-order valence-corrected chi connectivity index (χ0v) is 25.1. The van der Waals surface area contributed by atoms with Gasteiger partial charge in [-0.05, 0) is 72.8 Å². The number of aromatic amines is 1. The highest BCUT2D eigenvalue weighted by Crippen LogP contribution is 2.30. The number of rotatable bonds is 7. The van der Waals surface area contributed by atoms with E-state index < -0.39 is 10.0 Å². The van der Waals surface area contributed by atoms with Gasteiger partial charge in [0.15, 0.2) is 0 Å². The Morgan fingerprint density at radius 3 is 2.49 bits per heavy atom. The van der Waals surface area contributed by atoms with Crippen LogP contribution in [-0.2, 0) is 17.1 Å². The number of imidazole rings is 1. The topological polar surface area (TPSA) is 103 Å². The van der Waals surface area contributed by atoms with E-state index in [1.807, 2.05) is 49.7 Å². The molecule has 0 radical (unpaired) electrons. The average molecular weight is 601 g/mol. The van der Waals surface area contributed by atoms with Crippen molar-refractivity contribution >= 4 is 49.5 Å². The largest absolute Gasteiger partial charge is 0.325 e. The molecule has 2 N–H and O–H groups in total. The first-order chi connectivity index (χ1) is 20.6. The molecule has 3 heterocycles. The Morgan fingerprint density at radius 2 is 1.77 bits per heavy atom. The van der Waals surface area contributed by atoms with E-state index in [4.69, 9.17) is 4.98 Å². The highest BCUT2D eigenvalue weighted by Gasteiger charge is 2.28. The number of piperazine rings is 1. The fourth-order valence-electron chi connectivity index (χ4n) is 5.65. The van der Waals surface area contributed by atoms with Crippen molar-refractivity contribution in [3.05, 3.63) is 99.7 Å². The van der Waals surface area contributed by atoms with Crippen molar-refractivity contribution in [1.82, 2.24) is 23.7 Å². The van der Waals surface area contributed by atoms with Crippen molar-refractivity contribution in [2.75, 3.05) is 38.0 Å². The number of hydrogen-bond donors (Lipinski definition) is 2. The lowest BCUT2D eigenvalue weighted by Crippen LogP contribution is -2.48. The first kappa shape index (κ1) is 28.8. The number of halogens is 1. The van der Waals surface area contributed by atoms with Gasteiger partial charge in [0.2, 0.25) is 16.0 Å². The normalized spacial score (nSPS) is 15.2. The summed E-state index contributed by atoms with van der Waals surface area (Å²) in [7, 11) is -1.64. The van der Waals surface area contributed by atoms with E-state index >= 15 is 0 Å². The molecule has 0 bridgehead atoms. The second kappa shape index (κ2) is 11.4. The van der Waals surface area contributed by atoms with Crippen molar-refractivity contribution in [3.63, 3.8) is 0 Å². The molecule has 9 nitrogen and oxygen atoms in total. The Labute approximate surface area is 249 Å². The van der Waals surface area contributed by atoms with Crippen LogP contribution in [0.2, 0.25) is 0 Å². The minimum atomic E-state index is -3.49. The molecular formula is C32H33FN6O3S. The highest BCUT2D eigenvalue weighted by molar-refractivity contribution is 7.89. The number of sulfonamides is 1. The lowest BCUT2D eigenvalue weighted by molar-refractivity contribution is 0.204. The summed E-state index contributed by atoms with van der Waals surface area (Å²) in [5.41, 5.74) is 4.34. The zero-order chi connectivity index (χ0) is 30.3.